The SMILES string of the molecule is C1=C2C(Cc3c1c1cccc4c5cc(N(c6ccccc6)c6cccc7c6sc6ccccc67)ccc5n3c14)c1cccc3c4cc(N(c5ccccc5)c5cccc6c5sc5ccccc56)ccc4n2c13. The van der Waals surface area contributed by atoms with Gasteiger partial charge >= 0.3 is 0 Å². The number of aromatic nitrogens is 2. The van der Waals surface area contributed by atoms with Gasteiger partial charge in [-0.3, -0.25) is 0 Å². The van der Waals surface area contributed by atoms with Crippen LogP contribution in [0.5, 0.6) is 0 Å². The van der Waals surface area contributed by atoms with Crippen LogP contribution in [0.25, 0.3) is 101 Å². The van der Waals surface area contributed by atoms with Crippen molar-refractivity contribution in [2.24, 2.45) is 0 Å². The molecule has 0 saturated heterocycles. The Morgan fingerprint density at radius 1 is 0.389 bits per heavy atom. The van der Waals surface area contributed by atoms with E-state index >= 15 is 0 Å². The van der Waals surface area contributed by atoms with Crippen LogP contribution in [-0.4, -0.2) is 8.97 Å². The van der Waals surface area contributed by atoms with Crippen molar-refractivity contribution in [3.8, 4) is 0 Å². The minimum atomic E-state index is 0.245. The van der Waals surface area contributed by atoms with Gasteiger partial charge in [-0.25, -0.2) is 0 Å². The predicted octanol–water partition coefficient (Wildman–Crippen LogP) is 19.1. The van der Waals surface area contributed by atoms with Crippen LogP contribution >= 0.6 is 22.7 Å². The second-order valence-corrected chi connectivity index (χ2v) is 21.7. The summed E-state index contributed by atoms with van der Waals surface area (Å²) in [4.78, 5) is 4.92. The van der Waals surface area contributed by atoms with Crippen molar-refractivity contribution in [2.45, 2.75) is 12.3 Å². The number of fused-ring (bicyclic) bond motifs is 18. The molecule has 15 aromatic rings. The highest BCUT2D eigenvalue weighted by molar-refractivity contribution is 7.26. The highest BCUT2D eigenvalue weighted by Gasteiger charge is 2.37. The number of benzene rings is 10. The molecule has 0 radical (unpaired) electrons. The molecular formula is C66H40N4S2. The third kappa shape index (κ3) is 5.19. The average Bonchev–Trinajstić information content (AvgIpc) is 4.29. The van der Waals surface area contributed by atoms with Gasteiger partial charge in [-0.1, -0.05) is 133 Å². The molecule has 1 unspecified atom stereocenters. The summed E-state index contributed by atoms with van der Waals surface area (Å²) < 4.78 is 10.4. The molecule has 0 saturated carbocycles. The Kier molecular flexibility index (Phi) is 7.85. The van der Waals surface area contributed by atoms with Crippen LogP contribution in [0.2, 0.25) is 0 Å². The van der Waals surface area contributed by atoms with E-state index in [9.17, 15) is 0 Å². The molecule has 17 rings (SSSR count). The minimum absolute atomic E-state index is 0.245. The molecule has 0 spiro atoms. The molecule has 6 heterocycles. The van der Waals surface area contributed by atoms with Crippen molar-refractivity contribution in [2.75, 3.05) is 9.80 Å². The van der Waals surface area contributed by atoms with Crippen molar-refractivity contribution in [1.29, 1.82) is 0 Å². The highest BCUT2D eigenvalue weighted by atomic mass is 32.1. The lowest BCUT2D eigenvalue weighted by Crippen LogP contribution is -2.11. The van der Waals surface area contributed by atoms with Crippen LogP contribution in [0.15, 0.2) is 218 Å². The number of hydrogen-bond donors (Lipinski definition) is 0. The van der Waals surface area contributed by atoms with E-state index in [1.165, 1.54) is 123 Å². The fraction of sp³-hybridized carbons (Fsp3) is 0.0303. The molecule has 4 nitrogen and oxygen atoms in total. The van der Waals surface area contributed by atoms with Gasteiger partial charge in [0, 0.05) is 110 Å². The number of hydrogen-bond acceptors (Lipinski definition) is 4. The Morgan fingerprint density at radius 3 is 1.53 bits per heavy atom. The summed E-state index contributed by atoms with van der Waals surface area (Å²) in [6, 6.07) is 81.2. The lowest BCUT2D eigenvalue weighted by Gasteiger charge is -2.26. The molecule has 5 aromatic heterocycles. The lowest BCUT2D eigenvalue weighted by molar-refractivity contribution is 0.815. The first-order chi connectivity index (χ1) is 35.7. The van der Waals surface area contributed by atoms with Gasteiger partial charge < -0.3 is 18.8 Å². The predicted molar refractivity (Wildman–Crippen MR) is 309 cm³/mol. The van der Waals surface area contributed by atoms with Crippen molar-refractivity contribution < 1.29 is 0 Å². The first kappa shape index (κ1) is 39.1. The smallest absolute Gasteiger partial charge is 0.0640 e. The van der Waals surface area contributed by atoms with E-state index in [1.807, 2.05) is 22.7 Å². The molecule has 1 atom stereocenters. The summed E-state index contributed by atoms with van der Waals surface area (Å²) in [7, 11) is 0. The van der Waals surface area contributed by atoms with Crippen LogP contribution < -0.4 is 9.80 Å². The first-order valence-corrected chi connectivity index (χ1v) is 26.5. The van der Waals surface area contributed by atoms with Gasteiger partial charge in [0.15, 0.2) is 0 Å². The van der Waals surface area contributed by atoms with E-state index < -0.39 is 0 Å². The van der Waals surface area contributed by atoms with Crippen LogP contribution in [0.4, 0.5) is 34.1 Å². The van der Waals surface area contributed by atoms with Crippen LogP contribution in [-0.2, 0) is 6.42 Å². The minimum Gasteiger partial charge on any atom is -0.312 e. The topological polar surface area (TPSA) is 15.8 Å². The summed E-state index contributed by atoms with van der Waals surface area (Å²) in [6.07, 6.45) is 3.47. The number of anilines is 6. The number of thiophene rings is 2. The quantitative estimate of drug-likeness (QED) is 0.165. The summed E-state index contributed by atoms with van der Waals surface area (Å²) in [5.41, 5.74) is 17.7. The molecule has 1 aliphatic carbocycles. The Hall–Kier alpha value is -8.68. The lowest BCUT2D eigenvalue weighted by atomic mass is 9.86. The Morgan fingerprint density at radius 2 is 0.889 bits per heavy atom. The van der Waals surface area contributed by atoms with Crippen molar-refractivity contribution in [1.82, 2.24) is 8.97 Å². The van der Waals surface area contributed by atoms with Gasteiger partial charge in [0.25, 0.3) is 0 Å². The first-order valence-electron chi connectivity index (χ1n) is 24.8. The highest BCUT2D eigenvalue weighted by Crippen LogP contribution is 2.55. The fourth-order valence-electron chi connectivity index (χ4n) is 13.0. The largest absolute Gasteiger partial charge is 0.312 e. The third-order valence-electron chi connectivity index (χ3n) is 15.9. The molecule has 1 aliphatic heterocycles. The van der Waals surface area contributed by atoms with E-state index in [-0.39, 0.29) is 5.92 Å². The van der Waals surface area contributed by atoms with Gasteiger partial charge in [-0.2, -0.15) is 0 Å². The molecule has 10 aromatic carbocycles. The molecule has 0 N–H and O–H groups in total. The zero-order valence-electron chi connectivity index (χ0n) is 38.8. The molecule has 0 fully saturated rings. The van der Waals surface area contributed by atoms with Gasteiger partial charge in [-0.15, -0.1) is 22.7 Å². The number of allylic oxidation sites excluding steroid dienone is 1. The van der Waals surface area contributed by atoms with Crippen molar-refractivity contribution in [3.63, 3.8) is 0 Å². The monoisotopic (exact) mass is 952 g/mol. The summed E-state index contributed by atoms with van der Waals surface area (Å²) in [5.74, 6) is 0.245. The Balaban J connectivity index is 0.824. The van der Waals surface area contributed by atoms with Crippen molar-refractivity contribution >= 4 is 158 Å². The Labute approximate surface area is 421 Å². The van der Waals surface area contributed by atoms with E-state index in [0.29, 0.717) is 0 Å². The molecule has 0 bridgehead atoms. The summed E-state index contributed by atoms with van der Waals surface area (Å²) in [5, 5.41) is 11.7. The summed E-state index contributed by atoms with van der Waals surface area (Å²) in [6.45, 7) is 0. The maximum atomic E-state index is 2.61. The van der Waals surface area contributed by atoms with Gasteiger partial charge in [0.1, 0.15) is 0 Å². The van der Waals surface area contributed by atoms with Crippen molar-refractivity contribution in [3.05, 3.63) is 235 Å². The van der Waals surface area contributed by atoms with E-state index in [1.54, 1.807) is 0 Å². The maximum Gasteiger partial charge on any atom is 0.0640 e. The zero-order chi connectivity index (χ0) is 46.8. The Bertz CT molecular complexity index is 4800. The molecule has 0 amide bonds. The molecule has 72 heavy (non-hydrogen) atoms. The normalized spacial score (nSPS) is 14.3. The van der Waals surface area contributed by atoms with Crippen LogP contribution in [0.3, 0.4) is 0 Å². The van der Waals surface area contributed by atoms with Gasteiger partial charge in [0.05, 0.1) is 42.8 Å². The van der Waals surface area contributed by atoms with Crippen LogP contribution in [0, 0.1) is 0 Å². The standard InChI is InChI=1S/C66H40N4S2/c1-3-15-39(16-4-1)67(57-27-13-25-49-43-19-7-9-29-61(43)71-65(49)57)41-31-33-55-51(35-41)45-21-11-23-47-53-38-60-54(37-59(53)69(55)63(45)47)48-24-12-22-46-52-36-42(32-34-56(52)70(60)64(46)48)68(40-17-5-2-6-18-40)58-28-14-26-50-44-20-8-10-30-62(44)72-66(50)58/h1-37,53H,38H2. The molecule has 336 valence electrons. The van der Waals surface area contributed by atoms with E-state index in [4.69, 9.17) is 0 Å². The van der Waals surface area contributed by atoms with E-state index in [2.05, 4.69) is 243 Å². The van der Waals surface area contributed by atoms with Gasteiger partial charge in [0.2, 0.25) is 0 Å². The van der Waals surface area contributed by atoms with Crippen LogP contribution in [0.1, 0.15) is 22.7 Å². The molecular weight excluding hydrogens is 913 g/mol. The second-order valence-electron chi connectivity index (χ2n) is 19.6. The zero-order valence-corrected chi connectivity index (χ0v) is 40.4. The number of rotatable bonds is 6. The maximum absolute atomic E-state index is 2.61. The van der Waals surface area contributed by atoms with Gasteiger partial charge in [-0.05, 0) is 96.6 Å². The molecule has 2 aliphatic rings. The average molecular weight is 953 g/mol. The fourth-order valence-corrected chi connectivity index (χ4v) is 15.4. The van der Waals surface area contributed by atoms with E-state index in [0.717, 1.165) is 29.2 Å². The number of para-hydroxylation sites is 4. The number of nitrogens with zero attached hydrogens (tertiary/aromatic N) is 4. The second kappa shape index (κ2) is 14.5. The molecule has 6 heteroatoms. The summed E-state index contributed by atoms with van der Waals surface area (Å²) >= 11 is 3.76. The third-order valence-corrected chi connectivity index (χ3v) is 18.3.